The van der Waals surface area contributed by atoms with E-state index in [9.17, 15) is 9.59 Å². The molecule has 7 nitrogen and oxygen atoms in total. The van der Waals surface area contributed by atoms with Gasteiger partial charge >= 0.3 is 12.0 Å². The average Bonchev–Trinajstić information content (AvgIpc) is 2.80. The summed E-state index contributed by atoms with van der Waals surface area (Å²) in [6.07, 6.45) is 6.08. The first kappa shape index (κ1) is 17.1. The molecule has 1 aromatic heterocycles. The van der Waals surface area contributed by atoms with Gasteiger partial charge in [-0.25, -0.2) is 9.78 Å². The lowest BCUT2D eigenvalue weighted by Crippen LogP contribution is -2.45. The fraction of sp³-hybridized carbons (Fsp3) is 0.562. The minimum Gasteiger partial charge on any atom is -0.480 e. The zero-order valence-corrected chi connectivity index (χ0v) is 13.5. The number of hydrogen-bond acceptors (Lipinski definition) is 5. The fourth-order valence-electron chi connectivity index (χ4n) is 2.89. The zero-order chi connectivity index (χ0) is 16.7. The predicted molar refractivity (Wildman–Crippen MR) is 85.3 cm³/mol. The van der Waals surface area contributed by atoms with E-state index in [1.54, 1.807) is 18.3 Å². The molecule has 2 rings (SSSR count). The standard InChI is InChI=1S/C16H23N3O4/c1-22-14-13(9-6-10-17-14)19-16(21)18-12-8-5-3-4-7-11(12)15(20)23-2/h6,9-12H,3-5,7-8H2,1-2H3,(H2,18,19,21)/t11-,12+/m1/s1. The molecule has 0 radical (unpaired) electrons. The molecule has 0 spiro atoms. The van der Waals surface area contributed by atoms with E-state index in [1.165, 1.54) is 14.2 Å². The molecule has 23 heavy (non-hydrogen) atoms. The van der Waals surface area contributed by atoms with Gasteiger partial charge in [0, 0.05) is 12.2 Å². The quantitative estimate of drug-likeness (QED) is 0.656. The molecule has 7 heteroatoms. The van der Waals surface area contributed by atoms with E-state index in [0.717, 1.165) is 32.1 Å². The molecule has 0 saturated heterocycles. The molecule has 1 aliphatic carbocycles. The molecule has 1 saturated carbocycles. The highest BCUT2D eigenvalue weighted by molar-refractivity contribution is 5.91. The number of methoxy groups -OCH3 is 2. The van der Waals surface area contributed by atoms with Gasteiger partial charge in [-0.1, -0.05) is 19.3 Å². The molecule has 0 aliphatic heterocycles. The van der Waals surface area contributed by atoms with E-state index in [-0.39, 0.29) is 24.0 Å². The van der Waals surface area contributed by atoms with Crippen LogP contribution in [0.2, 0.25) is 0 Å². The van der Waals surface area contributed by atoms with Gasteiger partial charge in [0.05, 0.1) is 20.1 Å². The number of esters is 1. The second-order valence-electron chi connectivity index (χ2n) is 5.53. The lowest BCUT2D eigenvalue weighted by molar-refractivity contribution is -0.146. The average molecular weight is 321 g/mol. The number of aromatic nitrogens is 1. The number of nitrogens with zero attached hydrogens (tertiary/aromatic N) is 1. The monoisotopic (exact) mass is 321 g/mol. The van der Waals surface area contributed by atoms with Gasteiger partial charge in [-0.15, -0.1) is 0 Å². The van der Waals surface area contributed by atoms with Crippen LogP contribution in [0.3, 0.4) is 0 Å². The van der Waals surface area contributed by atoms with Crippen LogP contribution in [0.25, 0.3) is 0 Å². The van der Waals surface area contributed by atoms with Crippen LogP contribution in [-0.4, -0.2) is 37.2 Å². The first-order valence-electron chi connectivity index (χ1n) is 7.80. The van der Waals surface area contributed by atoms with E-state index < -0.39 is 0 Å². The molecule has 0 aromatic carbocycles. The van der Waals surface area contributed by atoms with Crippen LogP contribution in [0.1, 0.15) is 32.1 Å². The molecule has 1 aliphatic rings. The third-order valence-corrected chi connectivity index (χ3v) is 4.05. The van der Waals surface area contributed by atoms with Crippen molar-refractivity contribution in [3.8, 4) is 5.88 Å². The molecule has 1 heterocycles. The van der Waals surface area contributed by atoms with Gasteiger partial charge in [0.1, 0.15) is 5.69 Å². The number of hydrogen-bond donors (Lipinski definition) is 2. The van der Waals surface area contributed by atoms with Gasteiger partial charge < -0.3 is 20.1 Å². The van der Waals surface area contributed by atoms with Gasteiger partial charge in [0.2, 0.25) is 5.88 Å². The highest BCUT2D eigenvalue weighted by atomic mass is 16.5. The van der Waals surface area contributed by atoms with Crippen molar-refractivity contribution in [2.75, 3.05) is 19.5 Å². The lowest BCUT2D eigenvalue weighted by Gasteiger charge is -2.24. The number of ether oxygens (including phenoxy) is 2. The lowest BCUT2D eigenvalue weighted by atomic mass is 9.95. The Morgan fingerprint density at radius 3 is 2.74 bits per heavy atom. The Morgan fingerprint density at radius 2 is 2.00 bits per heavy atom. The molecule has 1 fully saturated rings. The summed E-state index contributed by atoms with van der Waals surface area (Å²) in [7, 11) is 2.87. The summed E-state index contributed by atoms with van der Waals surface area (Å²) < 4.78 is 9.98. The summed E-state index contributed by atoms with van der Waals surface area (Å²) in [5, 5.41) is 5.61. The number of pyridine rings is 1. The Hall–Kier alpha value is -2.31. The van der Waals surface area contributed by atoms with Crippen LogP contribution in [0.4, 0.5) is 10.5 Å². The van der Waals surface area contributed by atoms with Crippen molar-refractivity contribution in [3.05, 3.63) is 18.3 Å². The van der Waals surface area contributed by atoms with Gasteiger partial charge in [-0.2, -0.15) is 0 Å². The van der Waals surface area contributed by atoms with E-state index in [0.29, 0.717) is 11.6 Å². The topological polar surface area (TPSA) is 89.5 Å². The molecule has 2 amide bonds. The highest BCUT2D eigenvalue weighted by Gasteiger charge is 2.31. The predicted octanol–water partition coefficient (Wildman–Crippen LogP) is 2.33. The summed E-state index contributed by atoms with van der Waals surface area (Å²) in [6, 6.07) is 2.81. The largest absolute Gasteiger partial charge is 0.480 e. The molecular weight excluding hydrogens is 298 g/mol. The SMILES string of the molecule is COC(=O)[C@@H]1CCCCC[C@@H]1NC(=O)Nc1cccnc1OC. The van der Waals surface area contributed by atoms with Crippen LogP contribution in [0, 0.1) is 5.92 Å². The summed E-state index contributed by atoms with van der Waals surface area (Å²) in [4.78, 5) is 28.2. The minimum absolute atomic E-state index is 0.229. The number of carbonyl (C=O) groups is 2. The van der Waals surface area contributed by atoms with Crippen LogP contribution >= 0.6 is 0 Å². The number of nitrogens with one attached hydrogen (secondary N) is 2. The zero-order valence-electron chi connectivity index (χ0n) is 13.5. The van der Waals surface area contributed by atoms with E-state index >= 15 is 0 Å². The normalized spacial score (nSPS) is 21.0. The maximum Gasteiger partial charge on any atom is 0.319 e. The fourth-order valence-corrected chi connectivity index (χ4v) is 2.89. The van der Waals surface area contributed by atoms with Crippen molar-refractivity contribution in [2.24, 2.45) is 5.92 Å². The Morgan fingerprint density at radius 1 is 1.22 bits per heavy atom. The maximum absolute atomic E-state index is 12.3. The molecule has 0 unspecified atom stereocenters. The number of anilines is 1. The van der Waals surface area contributed by atoms with Gasteiger partial charge in [0.25, 0.3) is 0 Å². The van der Waals surface area contributed by atoms with E-state index in [4.69, 9.17) is 9.47 Å². The van der Waals surface area contributed by atoms with Gasteiger partial charge in [-0.3, -0.25) is 4.79 Å². The molecule has 1 aromatic rings. The third kappa shape index (κ3) is 4.58. The summed E-state index contributed by atoms with van der Waals surface area (Å²) in [5.41, 5.74) is 0.482. The second kappa shape index (κ2) is 8.36. The molecular formula is C16H23N3O4. The highest BCUT2D eigenvalue weighted by Crippen LogP contribution is 2.25. The first-order chi connectivity index (χ1) is 11.2. The maximum atomic E-state index is 12.3. The van der Waals surface area contributed by atoms with Crippen LogP contribution < -0.4 is 15.4 Å². The van der Waals surface area contributed by atoms with Crippen molar-refractivity contribution in [1.29, 1.82) is 0 Å². The van der Waals surface area contributed by atoms with Crippen molar-refractivity contribution in [2.45, 2.75) is 38.1 Å². The number of carbonyl (C=O) groups excluding carboxylic acids is 2. The molecule has 2 atom stereocenters. The Bertz CT molecular complexity index is 550. The second-order valence-corrected chi connectivity index (χ2v) is 5.53. The van der Waals surface area contributed by atoms with Gasteiger partial charge in [-0.05, 0) is 25.0 Å². The number of rotatable bonds is 4. The van der Waals surface area contributed by atoms with Crippen molar-refractivity contribution in [3.63, 3.8) is 0 Å². The van der Waals surface area contributed by atoms with Gasteiger partial charge in [0.15, 0.2) is 0 Å². The first-order valence-corrected chi connectivity index (χ1v) is 7.80. The van der Waals surface area contributed by atoms with E-state index in [1.807, 2.05) is 0 Å². The van der Waals surface area contributed by atoms with Crippen molar-refractivity contribution >= 4 is 17.7 Å². The Labute approximate surface area is 135 Å². The molecule has 126 valence electrons. The number of amides is 2. The summed E-state index contributed by atoms with van der Waals surface area (Å²) in [5.74, 6) is -0.228. The molecule has 2 N–H and O–H groups in total. The summed E-state index contributed by atoms with van der Waals surface area (Å²) >= 11 is 0. The smallest absolute Gasteiger partial charge is 0.319 e. The van der Waals surface area contributed by atoms with Crippen LogP contribution in [0.15, 0.2) is 18.3 Å². The Balaban J connectivity index is 2.03. The van der Waals surface area contributed by atoms with Crippen molar-refractivity contribution < 1.29 is 19.1 Å². The third-order valence-electron chi connectivity index (χ3n) is 4.05. The van der Waals surface area contributed by atoms with Crippen LogP contribution in [-0.2, 0) is 9.53 Å². The summed E-state index contributed by atoms with van der Waals surface area (Å²) in [6.45, 7) is 0. The molecule has 0 bridgehead atoms. The van der Waals surface area contributed by atoms with Crippen LogP contribution in [0.5, 0.6) is 5.88 Å². The van der Waals surface area contributed by atoms with E-state index in [2.05, 4.69) is 15.6 Å². The minimum atomic E-state index is -0.378. The van der Waals surface area contributed by atoms with Crippen molar-refractivity contribution in [1.82, 2.24) is 10.3 Å². The number of urea groups is 1. The Kier molecular flexibility index (Phi) is 6.19.